The van der Waals surface area contributed by atoms with Crippen molar-refractivity contribution in [3.8, 4) is 6.07 Å². The molecule has 1 N–H and O–H groups in total. The normalized spacial score (nSPS) is 11.3. The average Bonchev–Trinajstić information content (AvgIpc) is 2.98. The SMILES string of the molecule is N#C/C(=C\c1ccc(Cl)cc1)C(=O)Nc1nc2c(F)cccc2s1. The Kier molecular flexibility index (Phi) is 4.56. The molecule has 2 aromatic carbocycles. The highest BCUT2D eigenvalue weighted by Gasteiger charge is 2.14. The molecule has 7 heteroatoms. The number of para-hydroxylation sites is 1. The Morgan fingerprint density at radius 3 is 2.71 bits per heavy atom. The number of aromatic nitrogens is 1. The molecule has 1 aromatic heterocycles. The minimum Gasteiger partial charge on any atom is -0.297 e. The van der Waals surface area contributed by atoms with Gasteiger partial charge in [-0.05, 0) is 35.9 Å². The van der Waals surface area contributed by atoms with Crippen LogP contribution in [-0.2, 0) is 4.79 Å². The first-order valence-electron chi connectivity index (χ1n) is 6.80. The Hall–Kier alpha value is -2.75. The second-order valence-corrected chi connectivity index (χ2v) is 6.25. The fourth-order valence-electron chi connectivity index (χ4n) is 2.01. The number of halogens is 2. The predicted octanol–water partition coefficient (Wildman–Crippen LogP) is 4.63. The lowest BCUT2D eigenvalue weighted by atomic mass is 10.1. The molecule has 0 bridgehead atoms. The third-order valence-electron chi connectivity index (χ3n) is 3.14. The van der Waals surface area contributed by atoms with Crippen molar-refractivity contribution in [2.75, 3.05) is 5.32 Å². The van der Waals surface area contributed by atoms with Crippen molar-refractivity contribution in [2.24, 2.45) is 0 Å². The second kappa shape index (κ2) is 6.79. The number of rotatable bonds is 3. The van der Waals surface area contributed by atoms with Gasteiger partial charge in [-0.1, -0.05) is 41.1 Å². The zero-order valence-electron chi connectivity index (χ0n) is 12.1. The first-order valence-corrected chi connectivity index (χ1v) is 8.00. The van der Waals surface area contributed by atoms with E-state index in [4.69, 9.17) is 11.6 Å². The standard InChI is InChI=1S/C17H9ClFN3OS/c18-12-6-4-10(5-7-12)8-11(9-20)16(23)22-17-21-15-13(19)2-1-3-14(15)24-17/h1-8H,(H,21,22,23)/b11-8+. The highest BCUT2D eigenvalue weighted by Crippen LogP contribution is 2.27. The molecule has 0 fully saturated rings. The molecule has 0 aliphatic rings. The van der Waals surface area contributed by atoms with Gasteiger partial charge in [0.25, 0.3) is 5.91 Å². The lowest BCUT2D eigenvalue weighted by molar-refractivity contribution is -0.112. The Balaban J connectivity index is 1.85. The Labute approximate surface area is 145 Å². The number of benzene rings is 2. The highest BCUT2D eigenvalue weighted by atomic mass is 35.5. The molecule has 24 heavy (non-hydrogen) atoms. The average molecular weight is 358 g/mol. The molecule has 1 heterocycles. The summed E-state index contributed by atoms with van der Waals surface area (Å²) in [6.45, 7) is 0. The van der Waals surface area contributed by atoms with E-state index in [1.54, 1.807) is 36.4 Å². The lowest BCUT2D eigenvalue weighted by Gasteiger charge is -2.00. The van der Waals surface area contributed by atoms with E-state index in [0.717, 1.165) is 11.3 Å². The van der Waals surface area contributed by atoms with Crippen molar-refractivity contribution >= 4 is 50.3 Å². The summed E-state index contributed by atoms with van der Waals surface area (Å²) in [6.07, 6.45) is 1.44. The van der Waals surface area contributed by atoms with Crippen LogP contribution in [0.5, 0.6) is 0 Å². The zero-order chi connectivity index (χ0) is 17.1. The summed E-state index contributed by atoms with van der Waals surface area (Å²) in [7, 11) is 0. The minimum absolute atomic E-state index is 0.0861. The minimum atomic E-state index is -0.605. The molecule has 0 atom stereocenters. The van der Waals surface area contributed by atoms with Crippen LogP contribution < -0.4 is 5.32 Å². The van der Waals surface area contributed by atoms with E-state index in [0.29, 0.717) is 15.3 Å². The Bertz CT molecular complexity index is 989. The van der Waals surface area contributed by atoms with Crippen molar-refractivity contribution in [3.05, 3.63) is 64.4 Å². The number of carbonyl (C=O) groups excluding carboxylic acids is 1. The lowest BCUT2D eigenvalue weighted by Crippen LogP contribution is -2.13. The first kappa shape index (κ1) is 16.1. The van der Waals surface area contributed by atoms with Gasteiger partial charge in [-0.3, -0.25) is 10.1 Å². The van der Waals surface area contributed by atoms with Gasteiger partial charge in [0.1, 0.15) is 23.0 Å². The Morgan fingerprint density at radius 1 is 1.29 bits per heavy atom. The summed E-state index contributed by atoms with van der Waals surface area (Å²) in [5.74, 6) is -1.06. The van der Waals surface area contributed by atoms with Crippen LogP contribution >= 0.6 is 22.9 Å². The fourth-order valence-corrected chi connectivity index (χ4v) is 3.01. The van der Waals surface area contributed by atoms with E-state index >= 15 is 0 Å². The third kappa shape index (κ3) is 3.43. The molecule has 0 saturated carbocycles. The number of hydrogen-bond acceptors (Lipinski definition) is 4. The molecule has 3 aromatic rings. The number of hydrogen-bond donors (Lipinski definition) is 1. The van der Waals surface area contributed by atoms with Crippen molar-refractivity contribution in [2.45, 2.75) is 0 Å². The smallest absolute Gasteiger partial charge is 0.268 e. The third-order valence-corrected chi connectivity index (χ3v) is 4.32. The molecule has 1 amide bonds. The summed E-state index contributed by atoms with van der Waals surface area (Å²) >= 11 is 6.94. The second-order valence-electron chi connectivity index (χ2n) is 4.78. The van der Waals surface area contributed by atoms with Crippen molar-refractivity contribution in [1.29, 1.82) is 5.26 Å². The summed E-state index contributed by atoms with van der Waals surface area (Å²) in [6, 6.07) is 13.1. The van der Waals surface area contributed by atoms with E-state index in [9.17, 15) is 14.4 Å². The summed E-state index contributed by atoms with van der Waals surface area (Å²) in [5, 5.41) is 12.5. The molecule has 0 saturated heterocycles. The van der Waals surface area contributed by atoms with E-state index in [1.165, 1.54) is 12.1 Å². The van der Waals surface area contributed by atoms with Gasteiger partial charge in [0.15, 0.2) is 5.13 Å². The van der Waals surface area contributed by atoms with Crippen LogP contribution in [0.25, 0.3) is 16.3 Å². The van der Waals surface area contributed by atoms with Crippen LogP contribution in [0.1, 0.15) is 5.56 Å². The number of anilines is 1. The number of nitriles is 1. The molecular weight excluding hydrogens is 349 g/mol. The molecule has 0 aliphatic carbocycles. The molecule has 0 spiro atoms. The van der Waals surface area contributed by atoms with Crippen molar-refractivity contribution < 1.29 is 9.18 Å². The summed E-state index contributed by atoms with van der Waals surface area (Å²) in [4.78, 5) is 16.3. The van der Waals surface area contributed by atoms with Crippen LogP contribution in [-0.4, -0.2) is 10.9 Å². The van der Waals surface area contributed by atoms with Gasteiger partial charge in [-0.15, -0.1) is 0 Å². The largest absolute Gasteiger partial charge is 0.297 e. The van der Waals surface area contributed by atoms with E-state index in [1.807, 2.05) is 6.07 Å². The van der Waals surface area contributed by atoms with Gasteiger partial charge in [0.05, 0.1) is 4.70 Å². The molecular formula is C17H9ClFN3OS. The molecule has 0 aliphatic heterocycles. The number of carbonyl (C=O) groups is 1. The molecule has 0 radical (unpaired) electrons. The van der Waals surface area contributed by atoms with Crippen molar-refractivity contribution in [1.82, 2.24) is 4.98 Å². The quantitative estimate of drug-likeness (QED) is 0.548. The highest BCUT2D eigenvalue weighted by molar-refractivity contribution is 7.22. The van der Waals surface area contributed by atoms with Crippen LogP contribution in [0.15, 0.2) is 48.0 Å². The van der Waals surface area contributed by atoms with E-state index < -0.39 is 11.7 Å². The molecule has 118 valence electrons. The number of thiazole rings is 1. The van der Waals surface area contributed by atoms with E-state index in [2.05, 4.69) is 10.3 Å². The van der Waals surface area contributed by atoms with Gasteiger partial charge >= 0.3 is 0 Å². The molecule has 4 nitrogen and oxygen atoms in total. The van der Waals surface area contributed by atoms with E-state index in [-0.39, 0.29) is 16.2 Å². The molecule has 3 rings (SSSR count). The maximum absolute atomic E-state index is 13.6. The van der Waals surface area contributed by atoms with Crippen LogP contribution in [0.4, 0.5) is 9.52 Å². The summed E-state index contributed by atoms with van der Waals surface area (Å²) < 4.78 is 14.3. The van der Waals surface area contributed by atoms with Crippen LogP contribution in [0, 0.1) is 17.1 Å². The number of amides is 1. The first-order chi connectivity index (χ1) is 11.6. The monoisotopic (exact) mass is 357 g/mol. The van der Waals surface area contributed by atoms with Crippen LogP contribution in [0.2, 0.25) is 5.02 Å². The van der Waals surface area contributed by atoms with Gasteiger partial charge in [-0.2, -0.15) is 5.26 Å². The number of nitrogens with one attached hydrogen (secondary N) is 1. The summed E-state index contributed by atoms with van der Waals surface area (Å²) in [5.41, 5.74) is 0.775. The van der Waals surface area contributed by atoms with Gasteiger partial charge in [0.2, 0.25) is 0 Å². The zero-order valence-corrected chi connectivity index (χ0v) is 13.7. The maximum atomic E-state index is 13.6. The topological polar surface area (TPSA) is 65.8 Å². The maximum Gasteiger partial charge on any atom is 0.268 e. The van der Waals surface area contributed by atoms with Gasteiger partial charge < -0.3 is 0 Å². The molecule has 0 unspecified atom stereocenters. The number of fused-ring (bicyclic) bond motifs is 1. The number of nitrogens with zero attached hydrogens (tertiary/aromatic N) is 2. The predicted molar refractivity (Wildman–Crippen MR) is 93.2 cm³/mol. The Morgan fingerprint density at radius 2 is 2.04 bits per heavy atom. The van der Waals surface area contributed by atoms with Gasteiger partial charge in [-0.25, -0.2) is 9.37 Å². The van der Waals surface area contributed by atoms with Crippen molar-refractivity contribution in [3.63, 3.8) is 0 Å². The van der Waals surface area contributed by atoms with Gasteiger partial charge in [0, 0.05) is 5.02 Å². The van der Waals surface area contributed by atoms with Crippen LogP contribution in [0.3, 0.4) is 0 Å². The fraction of sp³-hybridized carbons (Fsp3) is 0.